The number of aromatic nitrogens is 1. The van der Waals surface area contributed by atoms with Gasteiger partial charge >= 0.3 is 5.97 Å². The minimum absolute atomic E-state index is 0.206. The smallest absolute Gasteiger partial charge is 0.335 e. The number of rotatable bonds is 6. The molecule has 4 nitrogen and oxygen atoms in total. The molecule has 0 atom stereocenters. The highest BCUT2D eigenvalue weighted by Gasteiger charge is 2.06. The second kappa shape index (κ2) is 7.93. The van der Waals surface area contributed by atoms with Crippen LogP contribution in [0.25, 0.3) is 5.57 Å². The van der Waals surface area contributed by atoms with Crippen molar-refractivity contribution in [3.63, 3.8) is 0 Å². The minimum Gasteiger partial charge on any atom is -0.489 e. The average molecular weight is 331 g/mol. The predicted molar refractivity (Wildman–Crippen MR) is 96.7 cm³/mol. The highest BCUT2D eigenvalue weighted by molar-refractivity contribution is 5.88. The lowest BCUT2D eigenvalue weighted by Crippen LogP contribution is -2.00. The Balaban J connectivity index is 1.82. The molecule has 0 bridgehead atoms. The minimum atomic E-state index is -0.971. The quantitative estimate of drug-likeness (QED) is 0.732. The third-order valence-corrected chi connectivity index (χ3v) is 3.68. The number of pyridine rings is 1. The van der Waals surface area contributed by atoms with Gasteiger partial charge in [-0.15, -0.1) is 0 Å². The molecule has 0 saturated carbocycles. The van der Waals surface area contributed by atoms with Crippen LogP contribution in [0.5, 0.6) is 5.75 Å². The average Bonchev–Trinajstić information content (AvgIpc) is 2.67. The summed E-state index contributed by atoms with van der Waals surface area (Å²) >= 11 is 0. The zero-order valence-corrected chi connectivity index (χ0v) is 13.5. The monoisotopic (exact) mass is 331 g/mol. The summed E-state index contributed by atoms with van der Waals surface area (Å²) in [6.07, 6.45) is 5.52. The molecule has 3 rings (SSSR count). The first kappa shape index (κ1) is 16.5. The summed E-state index contributed by atoms with van der Waals surface area (Å²) in [5.41, 5.74) is 3.29. The van der Waals surface area contributed by atoms with Gasteiger partial charge in [0.05, 0.1) is 5.56 Å². The summed E-state index contributed by atoms with van der Waals surface area (Å²) in [6.45, 7) is 0.322. The van der Waals surface area contributed by atoms with Crippen LogP contribution in [0.1, 0.15) is 21.5 Å². The molecule has 1 heterocycles. The predicted octanol–water partition coefficient (Wildman–Crippen LogP) is 4.29. The van der Waals surface area contributed by atoms with Crippen LogP contribution in [0, 0.1) is 0 Å². The van der Waals surface area contributed by atoms with Crippen molar-refractivity contribution < 1.29 is 14.6 Å². The molecular weight excluding hydrogens is 314 g/mol. The Bertz CT molecular complexity index is 832. The lowest BCUT2D eigenvalue weighted by atomic mass is 9.99. The van der Waals surface area contributed by atoms with E-state index in [2.05, 4.69) is 4.98 Å². The number of aromatic carboxylic acids is 1. The lowest BCUT2D eigenvalue weighted by Gasteiger charge is -2.09. The maximum atomic E-state index is 11.0. The van der Waals surface area contributed by atoms with Crippen molar-refractivity contribution in [3.05, 3.63) is 102 Å². The molecular formula is C21H17NO3. The van der Waals surface area contributed by atoms with E-state index in [1.807, 2.05) is 54.7 Å². The first-order valence-electron chi connectivity index (χ1n) is 7.86. The molecule has 0 amide bonds. The first-order valence-corrected chi connectivity index (χ1v) is 7.86. The van der Waals surface area contributed by atoms with Gasteiger partial charge in [0.15, 0.2) is 0 Å². The fourth-order valence-corrected chi connectivity index (χ4v) is 2.48. The van der Waals surface area contributed by atoms with E-state index in [0.29, 0.717) is 12.4 Å². The Morgan fingerprint density at radius 2 is 1.72 bits per heavy atom. The van der Waals surface area contributed by atoms with Crippen LogP contribution in [-0.4, -0.2) is 22.7 Å². The van der Waals surface area contributed by atoms with E-state index < -0.39 is 5.97 Å². The van der Waals surface area contributed by atoms with Gasteiger partial charge in [0, 0.05) is 18.0 Å². The summed E-state index contributed by atoms with van der Waals surface area (Å²) in [5, 5.41) is 9.05. The van der Waals surface area contributed by atoms with E-state index in [1.54, 1.807) is 18.3 Å². The van der Waals surface area contributed by atoms with Crippen LogP contribution in [-0.2, 0) is 0 Å². The zero-order valence-electron chi connectivity index (χ0n) is 13.5. The normalized spacial score (nSPS) is 11.1. The number of hydrogen-bond donors (Lipinski definition) is 1. The number of ether oxygens (including phenoxy) is 1. The van der Waals surface area contributed by atoms with Crippen molar-refractivity contribution in [3.8, 4) is 5.75 Å². The van der Waals surface area contributed by atoms with Gasteiger partial charge in [-0.1, -0.05) is 42.5 Å². The molecule has 25 heavy (non-hydrogen) atoms. The molecule has 0 aliphatic heterocycles. The Hall–Kier alpha value is -3.40. The maximum Gasteiger partial charge on any atom is 0.335 e. The van der Waals surface area contributed by atoms with Gasteiger partial charge in [-0.25, -0.2) is 4.79 Å². The molecule has 2 aromatic carbocycles. The summed E-state index contributed by atoms with van der Waals surface area (Å²) in [6, 6.07) is 20.4. The van der Waals surface area contributed by atoms with Crippen LogP contribution in [0.3, 0.4) is 0 Å². The van der Waals surface area contributed by atoms with Gasteiger partial charge in [0.2, 0.25) is 0 Å². The van der Waals surface area contributed by atoms with Crippen molar-refractivity contribution in [1.82, 2.24) is 4.98 Å². The van der Waals surface area contributed by atoms with E-state index in [4.69, 9.17) is 9.84 Å². The van der Waals surface area contributed by atoms with Crippen LogP contribution in [0.2, 0.25) is 0 Å². The number of hydrogen-bond acceptors (Lipinski definition) is 3. The van der Waals surface area contributed by atoms with Crippen molar-refractivity contribution >= 4 is 11.5 Å². The van der Waals surface area contributed by atoms with Crippen LogP contribution in [0.15, 0.2) is 85.2 Å². The van der Waals surface area contributed by atoms with E-state index >= 15 is 0 Å². The van der Waals surface area contributed by atoms with Crippen LogP contribution >= 0.6 is 0 Å². The third-order valence-electron chi connectivity index (χ3n) is 3.68. The van der Waals surface area contributed by atoms with E-state index in [-0.39, 0.29) is 5.56 Å². The highest BCUT2D eigenvalue weighted by Crippen LogP contribution is 2.22. The van der Waals surface area contributed by atoms with Crippen LogP contribution < -0.4 is 4.74 Å². The van der Waals surface area contributed by atoms with Gasteiger partial charge in [-0.2, -0.15) is 0 Å². The molecule has 0 radical (unpaired) electrons. The number of carboxylic acid groups (broad SMARTS) is 1. The maximum absolute atomic E-state index is 11.0. The highest BCUT2D eigenvalue weighted by atomic mass is 16.5. The van der Waals surface area contributed by atoms with Crippen molar-refractivity contribution in [2.45, 2.75) is 0 Å². The van der Waals surface area contributed by atoms with Gasteiger partial charge < -0.3 is 9.84 Å². The van der Waals surface area contributed by atoms with Gasteiger partial charge in [-0.05, 0) is 41.5 Å². The van der Waals surface area contributed by atoms with Gasteiger partial charge in [-0.3, -0.25) is 4.98 Å². The standard InChI is InChI=1S/C21H17NO3/c23-21(24)17-8-4-10-19(14-17)25-13-11-20(16-6-2-1-3-7-16)18-9-5-12-22-15-18/h1-12,14-15H,13H2,(H,23,24)/b20-11+. The summed E-state index contributed by atoms with van der Waals surface area (Å²) in [4.78, 5) is 15.2. The summed E-state index contributed by atoms with van der Waals surface area (Å²) < 4.78 is 5.71. The summed E-state index contributed by atoms with van der Waals surface area (Å²) in [7, 11) is 0. The lowest BCUT2D eigenvalue weighted by molar-refractivity contribution is 0.0696. The van der Waals surface area contributed by atoms with Crippen molar-refractivity contribution in [2.75, 3.05) is 6.61 Å². The molecule has 0 aliphatic carbocycles. The zero-order chi connectivity index (χ0) is 17.5. The molecule has 0 fully saturated rings. The largest absolute Gasteiger partial charge is 0.489 e. The Morgan fingerprint density at radius 1 is 0.960 bits per heavy atom. The topological polar surface area (TPSA) is 59.4 Å². The fraction of sp³-hybridized carbons (Fsp3) is 0.0476. The second-order valence-corrected chi connectivity index (χ2v) is 5.37. The van der Waals surface area contributed by atoms with E-state index in [1.165, 1.54) is 12.1 Å². The second-order valence-electron chi connectivity index (χ2n) is 5.37. The molecule has 3 aromatic rings. The summed E-state index contributed by atoms with van der Waals surface area (Å²) in [5.74, 6) is -0.448. The van der Waals surface area contributed by atoms with E-state index in [9.17, 15) is 4.79 Å². The van der Waals surface area contributed by atoms with E-state index in [0.717, 1.165) is 16.7 Å². The molecule has 0 unspecified atom stereocenters. The first-order chi connectivity index (χ1) is 12.2. The molecule has 1 N–H and O–H groups in total. The Morgan fingerprint density at radius 3 is 2.44 bits per heavy atom. The van der Waals surface area contributed by atoms with Crippen molar-refractivity contribution in [2.24, 2.45) is 0 Å². The number of nitrogens with zero attached hydrogens (tertiary/aromatic N) is 1. The SMILES string of the molecule is O=C(O)c1cccc(OC/C=C(\c2ccccc2)c2cccnc2)c1. The molecule has 124 valence electrons. The van der Waals surface area contributed by atoms with Gasteiger partial charge in [0.25, 0.3) is 0 Å². The third kappa shape index (κ3) is 4.32. The number of benzene rings is 2. The Labute approximate surface area is 146 Å². The Kier molecular flexibility index (Phi) is 5.22. The molecule has 0 aliphatic rings. The molecule has 0 spiro atoms. The molecule has 0 saturated heterocycles. The molecule has 4 heteroatoms. The fourth-order valence-electron chi connectivity index (χ4n) is 2.48. The van der Waals surface area contributed by atoms with Crippen LogP contribution in [0.4, 0.5) is 0 Å². The number of carboxylic acids is 1. The van der Waals surface area contributed by atoms with Crippen molar-refractivity contribution in [1.29, 1.82) is 0 Å². The molecule has 1 aromatic heterocycles. The van der Waals surface area contributed by atoms with Gasteiger partial charge in [0.1, 0.15) is 12.4 Å². The number of carbonyl (C=O) groups is 1.